The number of rotatable bonds is 4. The summed E-state index contributed by atoms with van der Waals surface area (Å²) in [5, 5.41) is 13.9. The number of alkyl halides is 1. The Morgan fingerprint density at radius 3 is 2.90 bits per heavy atom. The first-order valence-corrected chi connectivity index (χ1v) is 7.61. The number of piperidine rings is 1. The van der Waals surface area contributed by atoms with Crippen LogP contribution in [-0.4, -0.2) is 47.4 Å². The number of aromatic nitrogens is 2. The van der Waals surface area contributed by atoms with Crippen molar-refractivity contribution in [2.24, 2.45) is 0 Å². The number of halogens is 2. The average Bonchev–Trinajstić information content (AvgIpc) is 2.51. The lowest BCUT2D eigenvalue weighted by atomic mass is 10.1. The Kier molecular flexibility index (Phi) is 4.51. The summed E-state index contributed by atoms with van der Waals surface area (Å²) in [6.07, 6.45) is 2.12. The van der Waals surface area contributed by atoms with E-state index >= 15 is 0 Å². The van der Waals surface area contributed by atoms with Crippen molar-refractivity contribution < 1.29 is 4.39 Å². The standard InChI is InChI=1S/C15H18ClFN4/c16-14-12-5-1-2-6-13(12)15(20-19-14)18-11-4-3-8-21(10-11)9-7-17/h1-2,5-6,11H,3-4,7-10H2,(H,18,20). The summed E-state index contributed by atoms with van der Waals surface area (Å²) in [6, 6.07) is 8.09. The first-order valence-electron chi connectivity index (χ1n) is 7.23. The van der Waals surface area contributed by atoms with Crippen molar-refractivity contribution >= 4 is 28.2 Å². The molecule has 1 atom stereocenters. The second-order valence-electron chi connectivity index (χ2n) is 5.36. The van der Waals surface area contributed by atoms with Gasteiger partial charge in [-0.05, 0) is 19.4 Å². The second kappa shape index (κ2) is 6.54. The zero-order valence-corrected chi connectivity index (χ0v) is 12.5. The van der Waals surface area contributed by atoms with Gasteiger partial charge in [0.25, 0.3) is 0 Å². The number of likely N-dealkylation sites (tertiary alicyclic amines) is 1. The van der Waals surface area contributed by atoms with Gasteiger partial charge < -0.3 is 5.32 Å². The molecule has 112 valence electrons. The van der Waals surface area contributed by atoms with E-state index in [2.05, 4.69) is 20.4 Å². The van der Waals surface area contributed by atoms with Gasteiger partial charge in [-0.25, -0.2) is 4.39 Å². The van der Waals surface area contributed by atoms with Crippen LogP contribution < -0.4 is 5.32 Å². The smallest absolute Gasteiger partial charge is 0.159 e. The summed E-state index contributed by atoms with van der Waals surface area (Å²) >= 11 is 6.08. The summed E-state index contributed by atoms with van der Waals surface area (Å²) in [6.45, 7) is 2.01. The van der Waals surface area contributed by atoms with Crippen LogP contribution in [0.5, 0.6) is 0 Å². The maximum atomic E-state index is 12.5. The van der Waals surface area contributed by atoms with E-state index in [4.69, 9.17) is 11.6 Å². The van der Waals surface area contributed by atoms with Gasteiger partial charge in [-0.15, -0.1) is 10.2 Å². The quantitative estimate of drug-likeness (QED) is 0.942. The molecule has 1 aromatic carbocycles. The van der Waals surface area contributed by atoms with Crippen molar-refractivity contribution in [1.29, 1.82) is 0 Å². The third-order valence-electron chi connectivity index (χ3n) is 3.89. The summed E-state index contributed by atoms with van der Waals surface area (Å²) < 4.78 is 12.5. The molecule has 1 saturated heterocycles. The van der Waals surface area contributed by atoms with Crippen LogP contribution in [0, 0.1) is 0 Å². The third kappa shape index (κ3) is 3.24. The molecule has 1 aliphatic rings. The molecule has 1 N–H and O–H groups in total. The normalized spacial score (nSPS) is 19.8. The Bertz CT molecular complexity index is 620. The largest absolute Gasteiger partial charge is 0.364 e. The number of hydrogen-bond acceptors (Lipinski definition) is 4. The van der Waals surface area contributed by atoms with E-state index in [1.165, 1.54) is 0 Å². The van der Waals surface area contributed by atoms with Crippen LogP contribution >= 0.6 is 11.6 Å². The van der Waals surface area contributed by atoms with Gasteiger partial charge in [0.1, 0.15) is 6.67 Å². The Labute approximate surface area is 128 Å². The fourth-order valence-corrected chi connectivity index (χ4v) is 3.07. The molecule has 1 aromatic heterocycles. The van der Waals surface area contributed by atoms with Gasteiger partial charge in [0, 0.05) is 29.9 Å². The molecule has 2 heterocycles. The van der Waals surface area contributed by atoms with Crippen LogP contribution in [0.2, 0.25) is 5.15 Å². The number of anilines is 1. The Balaban J connectivity index is 1.80. The van der Waals surface area contributed by atoms with Crippen molar-refractivity contribution in [1.82, 2.24) is 15.1 Å². The fourth-order valence-electron chi connectivity index (χ4n) is 2.87. The number of nitrogens with one attached hydrogen (secondary N) is 1. The first kappa shape index (κ1) is 14.5. The molecule has 0 radical (unpaired) electrons. The van der Waals surface area contributed by atoms with E-state index in [0.717, 1.165) is 42.5 Å². The highest BCUT2D eigenvalue weighted by Gasteiger charge is 2.20. The maximum absolute atomic E-state index is 12.5. The zero-order chi connectivity index (χ0) is 14.7. The number of nitrogens with zero attached hydrogens (tertiary/aromatic N) is 3. The summed E-state index contributed by atoms with van der Waals surface area (Å²) in [4.78, 5) is 2.15. The van der Waals surface area contributed by atoms with Crippen LogP contribution in [0.15, 0.2) is 24.3 Å². The highest BCUT2D eigenvalue weighted by molar-refractivity contribution is 6.34. The molecule has 0 amide bonds. The van der Waals surface area contributed by atoms with E-state index in [1.807, 2.05) is 24.3 Å². The minimum absolute atomic E-state index is 0.268. The SMILES string of the molecule is FCCN1CCCC(Nc2nnc(Cl)c3ccccc23)C1. The topological polar surface area (TPSA) is 41.0 Å². The monoisotopic (exact) mass is 308 g/mol. The first-order chi connectivity index (χ1) is 10.3. The van der Waals surface area contributed by atoms with Crippen molar-refractivity contribution in [2.45, 2.75) is 18.9 Å². The fraction of sp³-hybridized carbons (Fsp3) is 0.467. The van der Waals surface area contributed by atoms with Gasteiger partial charge in [-0.1, -0.05) is 35.9 Å². The van der Waals surface area contributed by atoms with Gasteiger partial charge in [0.2, 0.25) is 0 Å². The maximum Gasteiger partial charge on any atom is 0.159 e. The predicted molar refractivity (Wildman–Crippen MR) is 83.6 cm³/mol. The lowest BCUT2D eigenvalue weighted by Gasteiger charge is -2.32. The molecule has 0 saturated carbocycles. The minimum atomic E-state index is -0.295. The van der Waals surface area contributed by atoms with Crippen LogP contribution in [0.1, 0.15) is 12.8 Å². The van der Waals surface area contributed by atoms with Gasteiger partial charge in [-0.2, -0.15) is 0 Å². The Hall–Kier alpha value is -1.46. The van der Waals surface area contributed by atoms with Crippen LogP contribution in [-0.2, 0) is 0 Å². The Morgan fingerprint density at radius 1 is 1.29 bits per heavy atom. The molecular formula is C15H18ClFN4. The number of benzene rings is 1. The lowest BCUT2D eigenvalue weighted by Crippen LogP contribution is -2.43. The van der Waals surface area contributed by atoms with Crippen molar-refractivity contribution in [3.63, 3.8) is 0 Å². The number of fused-ring (bicyclic) bond motifs is 1. The van der Waals surface area contributed by atoms with Gasteiger partial charge in [0.05, 0.1) is 0 Å². The van der Waals surface area contributed by atoms with Crippen molar-refractivity contribution in [2.75, 3.05) is 31.6 Å². The Morgan fingerprint density at radius 2 is 2.10 bits per heavy atom. The molecule has 1 fully saturated rings. The van der Waals surface area contributed by atoms with Crippen LogP contribution in [0.4, 0.5) is 10.2 Å². The second-order valence-corrected chi connectivity index (χ2v) is 5.72. The number of hydrogen-bond donors (Lipinski definition) is 1. The van der Waals surface area contributed by atoms with Gasteiger partial charge >= 0.3 is 0 Å². The molecule has 1 unspecified atom stereocenters. The van der Waals surface area contributed by atoms with Crippen molar-refractivity contribution in [3.8, 4) is 0 Å². The van der Waals surface area contributed by atoms with E-state index in [0.29, 0.717) is 11.7 Å². The molecule has 21 heavy (non-hydrogen) atoms. The van der Waals surface area contributed by atoms with E-state index in [9.17, 15) is 4.39 Å². The lowest BCUT2D eigenvalue weighted by molar-refractivity contribution is 0.200. The third-order valence-corrected chi connectivity index (χ3v) is 4.17. The molecular weight excluding hydrogens is 291 g/mol. The van der Waals surface area contributed by atoms with Crippen LogP contribution in [0.25, 0.3) is 10.8 Å². The average molecular weight is 309 g/mol. The van der Waals surface area contributed by atoms with Gasteiger partial charge in [-0.3, -0.25) is 4.90 Å². The highest BCUT2D eigenvalue weighted by Crippen LogP contribution is 2.26. The molecule has 4 nitrogen and oxygen atoms in total. The highest BCUT2D eigenvalue weighted by atomic mass is 35.5. The van der Waals surface area contributed by atoms with E-state index < -0.39 is 0 Å². The van der Waals surface area contributed by atoms with E-state index in [1.54, 1.807) is 0 Å². The van der Waals surface area contributed by atoms with Crippen molar-refractivity contribution in [3.05, 3.63) is 29.4 Å². The summed E-state index contributed by atoms with van der Waals surface area (Å²) in [7, 11) is 0. The molecule has 3 rings (SSSR count). The van der Waals surface area contributed by atoms with Gasteiger partial charge in [0.15, 0.2) is 11.0 Å². The molecule has 2 aromatic rings. The molecule has 6 heteroatoms. The molecule has 0 spiro atoms. The summed E-state index contributed by atoms with van der Waals surface area (Å²) in [5.41, 5.74) is 0. The molecule has 0 aliphatic carbocycles. The molecule has 1 aliphatic heterocycles. The zero-order valence-electron chi connectivity index (χ0n) is 11.7. The predicted octanol–water partition coefficient (Wildman–Crippen LogP) is 3.13. The molecule has 0 bridgehead atoms. The van der Waals surface area contributed by atoms with E-state index in [-0.39, 0.29) is 12.7 Å². The summed E-state index contributed by atoms with van der Waals surface area (Å²) in [5.74, 6) is 0.752. The van der Waals surface area contributed by atoms with Crippen LogP contribution in [0.3, 0.4) is 0 Å². The minimum Gasteiger partial charge on any atom is -0.364 e.